The minimum absolute atomic E-state index is 0.109. The Morgan fingerprint density at radius 2 is 1.82 bits per heavy atom. The molecule has 4 heterocycles. The van der Waals surface area contributed by atoms with E-state index in [1.165, 1.54) is 29.8 Å². The number of aromatic nitrogens is 2. The van der Waals surface area contributed by atoms with Gasteiger partial charge in [0.2, 0.25) is 0 Å². The molecule has 1 fully saturated rings. The lowest BCUT2D eigenvalue weighted by molar-refractivity contribution is -0.124. The molecule has 2 aliphatic heterocycles. The van der Waals surface area contributed by atoms with Crippen LogP contribution in [0, 0.1) is 0 Å². The van der Waals surface area contributed by atoms with Crippen molar-refractivity contribution in [1.29, 1.82) is 0 Å². The molecule has 2 aliphatic rings. The molecule has 0 saturated carbocycles. The summed E-state index contributed by atoms with van der Waals surface area (Å²) in [5.74, 6) is -1.06. The molecule has 38 heavy (non-hydrogen) atoms. The second-order valence-corrected chi connectivity index (χ2v) is 10.4. The molecular weight excluding hydrogens is 526 g/mol. The lowest BCUT2D eigenvalue weighted by Gasteiger charge is -2.37. The Labute approximate surface area is 224 Å². The number of benzene rings is 2. The average Bonchev–Trinajstić information content (AvgIpc) is 3.62. The first-order valence-corrected chi connectivity index (χ1v) is 13.4. The molecule has 4 aromatic rings. The van der Waals surface area contributed by atoms with Crippen LogP contribution >= 0.6 is 22.7 Å². The average molecular weight is 548 g/mol. The standard InChI is InChI=1S/C25H21N7O4S2/c1-36-29-20(17-13-38-24(26)28-17)23(35)31-10-8-30(9-11-31)18-6-5-16-19-14(18)3-2-4-15(19)21(33)32(22(16)34)25-27-7-12-37-25/h2-7,12-13H,8-11H2,1H3,(H2,26,28)/b29-20-. The van der Waals surface area contributed by atoms with Gasteiger partial charge in [0.05, 0.1) is 0 Å². The predicted octanol–water partition coefficient (Wildman–Crippen LogP) is 2.83. The molecule has 0 unspecified atom stereocenters. The summed E-state index contributed by atoms with van der Waals surface area (Å²) in [6.07, 6.45) is 1.57. The molecule has 0 bridgehead atoms. The summed E-state index contributed by atoms with van der Waals surface area (Å²) in [6.45, 7) is 1.99. The summed E-state index contributed by atoms with van der Waals surface area (Å²) in [5, 5.41) is 9.47. The Morgan fingerprint density at radius 1 is 1.05 bits per heavy atom. The first-order valence-electron chi connectivity index (χ1n) is 11.7. The Balaban J connectivity index is 1.27. The maximum absolute atomic E-state index is 13.3. The number of amides is 3. The van der Waals surface area contributed by atoms with E-state index in [2.05, 4.69) is 20.0 Å². The maximum Gasteiger partial charge on any atom is 0.278 e. The van der Waals surface area contributed by atoms with Crippen LogP contribution in [0.25, 0.3) is 10.8 Å². The maximum atomic E-state index is 13.3. The SMILES string of the molecule is CO/N=C(\C(=O)N1CCN(c2ccc3c4c(cccc24)C(=O)N(c2nccs2)C3=O)CC1)c1csc(N)n1. The number of nitrogen functional groups attached to an aromatic ring is 1. The van der Waals surface area contributed by atoms with E-state index in [9.17, 15) is 14.4 Å². The van der Waals surface area contributed by atoms with E-state index in [1.54, 1.807) is 34.0 Å². The van der Waals surface area contributed by atoms with E-state index in [4.69, 9.17) is 10.6 Å². The highest BCUT2D eigenvalue weighted by molar-refractivity contribution is 7.14. The zero-order valence-corrected chi connectivity index (χ0v) is 21.8. The Kier molecular flexibility index (Phi) is 6.00. The van der Waals surface area contributed by atoms with Gasteiger partial charge < -0.3 is 20.4 Å². The third-order valence-corrected chi connectivity index (χ3v) is 7.98. The quantitative estimate of drug-likeness (QED) is 0.229. The van der Waals surface area contributed by atoms with Gasteiger partial charge in [-0.1, -0.05) is 17.3 Å². The van der Waals surface area contributed by atoms with Crippen molar-refractivity contribution in [3.05, 3.63) is 64.1 Å². The number of carbonyl (C=O) groups excluding carboxylic acids is 3. The second-order valence-electron chi connectivity index (χ2n) is 8.59. The summed E-state index contributed by atoms with van der Waals surface area (Å²) >= 11 is 2.47. The van der Waals surface area contributed by atoms with Gasteiger partial charge in [-0.25, -0.2) is 14.9 Å². The lowest BCUT2D eigenvalue weighted by atomic mass is 9.93. The smallest absolute Gasteiger partial charge is 0.278 e. The molecule has 0 radical (unpaired) electrons. The van der Waals surface area contributed by atoms with Gasteiger partial charge >= 0.3 is 0 Å². The number of rotatable bonds is 5. The number of thiazole rings is 2. The Hall–Kier alpha value is -4.36. The van der Waals surface area contributed by atoms with Crippen molar-refractivity contribution < 1.29 is 19.2 Å². The van der Waals surface area contributed by atoms with Crippen molar-refractivity contribution in [2.45, 2.75) is 0 Å². The highest BCUT2D eigenvalue weighted by atomic mass is 32.1. The largest absolute Gasteiger partial charge is 0.398 e. The number of oxime groups is 1. The summed E-state index contributed by atoms with van der Waals surface area (Å²) in [4.78, 5) is 58.1. The molecule has 6 rings (SSSR count). The molecule has 2 N–H and O–H groups in total. The van der Waals surface area contributed by atoms with Gasteiger partial charge in [-0.2, -0.15) is 0 Å². The van der Waals surface area contributed by atoms with Crippen molar-refractivity contribution >= 4 is 72.8 Å². The van der Waals surface area contributed by atoms with Gasteiger partial charge in [-0.3, -0.25) is 14.4 Å². The molecule has 0 aliphatic carbocycles. The monoisotopic (exact) mass is 547 g/mol. The number of piperazine rings is 1. The first kappa shape index (κ1) is 24.0. The Morgan fingerprint density at radius 3 is 2.47 bits per heavy atom. The number of nitrogens with zero attached hydrogens (tertiary/aromatic N) is 6. The fraction of sp³-hybridized carbons (Fsp3) is 0.200. The predicted molar refractivity (Wildman–Crippen MR) is 146 cm³/mol. The van der Waals surface area contributed by atoms with Crippen LogP contribution in [-0.2, 0) is 9.63 Å². The van der Waals surface area contributed by atoms with Gasteiger partial charge in [-0.15, -0.1) is 22.7 Å². The third kappa shape index (κ3) is 3.87. The molecule has 2 aromatic carbocycles. The van der Waals surface area contributed by atoms with Gasteiger partial charge in [0, 0.05) is 70.7 Å². The van der Waals surface area contributed by atoms with Crippen molar-refractivity contribution in [1.82, 2.24) is 14.9 Å². The van der Waals surface area contributed by atoms with E-state index < -0.39 is 0 Å². The van der Waals surface area contributed by atoms with Gasteiger partial charge in [0.1, 0.15) is 12.8 Å². The first-order chi connectivity index (χ1) is 18.5. The molecule has 2 aromatic heterocycles. The molecule has 0 atom stereocenters. The van der Waals surface area contributed by atoms with Crippen molar-refractivity contribution in [2.24, 2.45) is 5.16 Å². The Bertz CT molecular complexity index is 1580. The number of imide groups is 1. The van der Waals surface area contributed by atoms with E-state index in [1.807, 2.05) is 18.2 Å². The van der Waals surface area contributed by atoms with Crippen LogP contribution in [0.5, 0.6) is 0 Å². The zero-order valence-electron chi connectivity index (χ0n) is 20.2. The minimum Gasteiger partial charge on any atom is -0.398 e. The summed E-state index contributed by atoms with van der Waals surface area (Å²) < 4.78 is 0. The summed E-state index contributed by atoms with van der Waals surface area (Å²) in [7, 11) is 1.38. The number of anilines is 3. The van der Waals surface area contributed by atoms with Crippen molar-refractivity contribution in [2.75, 3.05) is 48.8 Å². The van der Waals surface area contributed by atoms with Crippen LogP contribution in [-0.4, -0.2) is 71.6 Å². The van der Waals surface area contributed by atoms with Gasteiger partial charge in [0.25, 0.3) is 17.7 Å². The summed E-state index contributed by atoms with van der Waals surface area (Å²) in [6, 6.07) is 9.16. The highest BCUT2D eigenvalue weighted by Crippen LogP contribution is 2.38. The highest BCUT2D eigenvalue weighted by Gasteiger charge is 2.36. The molecular formula is C25H21N7O4S2. The van der Waals surface area contributed by atoms with Crippen LogP contribution in [0.4, 0.5) is 16.0 Å². The third-order valence-electron chi connectivity index (χ3n) is 6.55. The fourth-order valence-electron chi connectivity index (χ4n) is 4.84. The van der Waals surface area contributed by atoms with Gasteiger partial charge in [0.15, 0.2) is 16.0 Å². The van der Waals surface area contributed by atoms with E-state index in [-0.39, 0.29) is 23.4 Å². The second kappa shape index (κ2) is 9.50. The molecule has 192 valence electrons. The zero-order chi connectivity index (χ0) is 26.4. The lowest BCUT2D eigenvalue weighted by Crippen LogP contribution is -2.51. The number of hydrogen-bond donors (Lipinski definition) is 1. The number of hydrogen-bond acceptors (Lipinski definition) is 11. The molecule has 3 amide bonds. The van der Waals surface area contributed by atoms with Crippen molar-refractivity contribution in [3.8, 4) is 0 Å². The minimum atomic E-state index is -0.386. The van der Waals surface area contributed by atoms with Crippen molar-refractivity contribution in [3.63, 3.8) is 0 Å². The molecule has 0 spiro atoms. The number of nitrogens with two attached hydrogens (primary N) is 1. The van der Waals surface area contributed by atoms with Crippen LogP contribution in [0.2, 0.25) is 0 Å². The normalized spacial score (nSPS) is 15.9. The molecule has 13 heteroatoms. The topological polar surface area (TPSA) is 134 Å². The number of carbonyl (C=O) groups is 3. The van der Waals surface area contributed by atoms with Gasteiger partial charge in [-0.05, 0) is 18.2 Å². The molecule has 1 saturated heterocycles. The van der Waals surface area contributed by atoms with Crippen LogP contribution in [0.15, 0.2) is 52.4 Å². The van der Waals surface area contributed by atoms with E-state index >= 15 is 0 Å². The summed E-state index contributed by atoms with van der Waals surface area (Å²) in [5.41, 5.74) is 8.06. The molecule has 11 nitrogen and oxygen atoms in total. The van der Waals surface area contributed by atoms with Crippen LogP contribution in [0.3, 0.4) is 0 Å². The van der Waals surface area contributed by atoms with Crippen LogP contribution < -0.4 is 15.5 Å². The van der Waals surface area contributed by atoms with Crippen LogP contribution in [0.1, 0.15) is 26.4 Å². The van der Waals surface area contributed by atoms with E-state index in [0.717, 1.165) is 16.0 Å². The fourth-order valence-corrected chi connectivity index (χ4v) is 6.02. The van der Waals surface area contributed by atoms with E-state index in [0.29, 0.717) is 58.6 Å².